The summed E-state index contributed by atoms with van der Waals surface area (Å²) in [5.41, 5.74) is -1.74. The third-order valence-corrected chi connectivity index (χ3v) is 1.76. The summed E-state index contributed by atoms with van der Waals surface area (Å²) in [4.78, 5) is 21.0. The summed E-state index contributed by atoms with van der Waals surface area (Å²) < 4.78 is 24.8. The van der Waals surface area contributed by atoms with E-state index in [1.54, 1.807) is 0 Å². The van der Waals surface area contributed by atoms with E-state index in [-0.39, 0.29) is 5.56 Å². The fourth-order valence-corrected chi connectivity index (χ4v) is 1.07. The number of carboxylic acid groups (broad SMARTS) is 2. The molecule has 0 aliphatic carbocycles. The van der Waals surface area contributed by atoms with Gasteiger partial charge in [0, 0.05) is 5.56 Å². The van der Waals surface area contributed by atoms with Gasteiger partial charge in [-0.25, -0.2) is 18.4 Å². The second kappa shape index (κ2) is 4.04. The Labute approximate surface area is 82.8 Å². The summed E-state index contributed by atoms with van der Waals surface area (Å²) in [6, 6.07) is 2.49. The highest BCUT2D eigenvalue weighted by molar-refractivity contribution is 5.93. The first-order chi connectivity index (χ1) is 6.93. The van der Waals surface area contributed by atoms with Crippen molar-refractivity contribution < 1.29 is 28.6 Å². The molecule has 0 unspecified atom stereocenters. The van der Waals surface area contributed by atoms with Gasteiger partial charge in [0.05, 0.1) is 11.1 Å². The topological polar surface area (TPSA) is 74.6 Å². The predicted molar refractivity (Wildman–Crippen MR) is 45.3 cm³/mol. The van der Waals surface area contributed by atoms with Gasteiger partial charge in [-0.3, -0.25) is 0 Å². The van der Waals surface area contributed by atoms with Crippen LogP contribution in [0, 0.1) is 0 Å². The lowest BCUT2D eigenvalue weighted by atomic mass is 10.0. The fourth-order valence-electron chi connectivity index (χ4n) is 1.07. The predicted octanol–water partition coefficient (Wildman–Crippen LogP) is 2.02. The van der Waals surface area contributed by atoms with Gasteiger partial charge in [0.1, 0.15) is 0 Å². The molecular weight excluding hydrogens is 210 g/mol. The summed E-state index contributed by atoms with van der Waals surface area (Å²) in [6.07, 6.45) is -3.02. The van der Waals surface area contributed by atoms with Crippen molar-refractivity contribution in [3.63, 3.8) is 0 Å². The highest BCUT2D eigenvalue weighted by Gasteiger charge is 2.19. The number of carbonyl (C=O) groups is 2. The molecule has 0 bridgehead atoms. The van der Waals surface area contributed by atoms with Crippen LogP contribution >= 0.6 is 0 Å². The van der Waals surface area contributed by atoms with Gasteiger partial charge in [-0.15, -0.1) is 0 Å². The quantitative estimate of drug-likeness (QED) is 0.810. The van der Waals surface area contributed by atoms with E-state index < -0.39 is 29.5 Å². The van der Waals surface area contributed by atoms with Gasteiger partial charge < -0.3 is 10.2 Å². The maximum atomic E-state index is 12.4. The molecule has 1 aromatic rings. The SMILES string of the molecule is O=C(O)c1ccc(C(=O)O)c(C(F)F)c1. The molecule has 0 radical (unpaired) electrons. The molecular formula is C9H6F2O4. The summed E-state index contributed by atoms with van der Waals surface area (Å²) in [7, 11) is 0. The molecule has 0 amide bonds. The molecule has 1 rings (SSSR count). The van der Waals surface area contributed by atoms with E-state index >= 15 is 0 Å². The summed E-state index contributed by atoms with van der Waals surface area (Å²) in [5, 5.41) is 17.1. The molecule has 4 nitrogen and oxygen atoms in total. The van der Waals surface area contributed by atoms with Gasteiger partial charge in [-0.1, -0.05) is 0 Å². The number of rotatable bonds is 3. The third kappa shape index (κ3) is 2.28. The van der Waals surface area contributed by atoms with Crippen LogP contribution < -0.4 is 0 Å². The molecule has 1 aromatic carbocycles. The number of carboxylic acids is 2. The van der Waals surface area contributed by atoms with Crippen LogP contribution in [0.3, 0.4) is 0 Å². The Hall–Kier alpha value is -1.98. The Morgan fingerprint density at radius 2 is 1.73 bits per heavy atom. The minimum absolute atomic E-state index is 0.365. The lowest BCUT2D eigenvalue weighted by Gasteiger charge is -2.05. The molecule has 2 N–H and O–H groups in total. The molecule has 6 heteroatoms. The van der Waals surface area contributed by atoms with Crippen molar-refractivity contribution in [3.8, 4) is 0 Å². The number of hydrogen-bond acceptors (Lipinski definition) is 2. The van der Waals surface area contributed by atoms with Crippen molar-refractivity contribution in [2.75, 3.05) is 0 Å². The van der Waals surface area contributed by atoms with Gasteiger partial charge in [0.25, 0.3) is 6.43 Å². The Kier molecular flexibility index (Phi) is 2.99. The molecule has 0 saturated carbocycles. The van der Waals surface area contributed by atoms with Gasteiger partial charge in [0.15, 0.2) is 0 Å². The van der Waals surface area contributed by atoms with Crippen LogP contribution in [-0.4, -0.2) is 22.2 Å². The average molecular weight is 216 g/mol. The van der Waals surface area contributed by atoms with Crippen LogP contribution in [0.4, 0.5) is 8.78 Å². The first-order valence-corrected chi connectivity index (χ1v) is 3.82. The maximum absolute atomic E-state index is 12.4. The lowest BCUT2D eigenvalue weighted by molar-refractivity contribution is 0.0671. The highest BCUT2D eigenvalue weighted by atomic mass is 19.3. The number of hydrogen-bond donors (Lipinski definition) is 2. The van der Waals surface area contributed by atoms with Crippen LogP contribution in [0.25, 0.3) is 0 Å². The van der Waals surface area contributed by atoms with E-state index in [9.17, 15) is 18.4 Å². The van der Waals surface area contributed by atoms with Crippen molar-refractivity contribution in [3.05, 3.63) is 34.9 Å². The van der Waals surface area contributed by atoms with E-state index in [4.69, 9.17) is 10.2 Å². The smallest absolute Gasteiger partial charge is 0.336 e. The largest absolute Gasteiger partial charge is 0.478 e. The van der Waals surface area contributed by atoms with Crippen LogP contribution in [0.2, 0.25) is 0 Å². The van der Waals surface area contributed by atoms with Crippen molar-refractivity contribution in [2.24, 2.45) is 0 Å². The molecule has 80 valence electrons. The molecule has 0 spiro atoms. The van der Waals surface area contributed by atoms with E-state index in [2.05, 4.69) is 0 Å². The molecule has 0 aromatic heterocycles. The molecule has 0 saturated heterocycles. The maximum Gasteiger partial charge on any atom is 0.336 e. The van der Waals surface area contributed by atoms with Crippen molar-refractivity contribution in [2.45, 2.75) is 6.43 Å². The van der Waals surface area contributed by atoms with Crippen LogP contribution in [0.15, 0.2) is 18.2 Å². The van der Waals surface area contributed by atoms with Crippen molar-refractivity contribution >= 4 is 11.9 Å². The zero-order valence-electron chi connectivity index (χ0n) is 7.28. The highest BCUT2D eigenvalue weighted by Crippen LogP contribution is 2.24. The fraction of sp³-hybridized carbons (Fsp3) is 0.111. The van der Waals surface area contributed by atoms with Gasteiger partial charge in [0.2, 0.25) is 0 Å². The molecule has 15 heavy (non-hydrogen) atoms. The zero-order chi connectivity index (χ0) is 11.6. The number of halogens is 2. The monoisotopic (exact) mass is 216 g/mol. The van der Waals surface area contributed by atoms with E-state index in [1.165, 1.54) is 0 Å². The van der Waals surface area contributed by atoms with Crippen LogP contribution in [-0.2, 0) is 0 Å². The van der Waals surface area contributed by atoms with E-state index in [0.29, 0.717) is 6.07 Å². The van der Waals surface area contributed by atoms with Crippen LogP contribution in [0.1, 0.15) is 32.7 Å². The van der Waals surface area contributed by atoms with Crippen LogP contribution in [0.5, 0.6) is 0 Å². The Balaban J connectivity index is 3.33. The minimum Gasteiger partial charge on any atom is -0.478 e. The Morgan fingerprint density at radius 1 is 1.13 bits per heavy atom. The molecule has 0 atom stereocenters. The number of benzene rings is 1. The normalized spacial score (nSPS) is 10.3. The zero-order valence-corrected chi connectivity index (χ0v) is 7.28. The summed E-state index contributed by atoms with van der Waals surface area (Å²) >= 11 is 0. The summed E-state index contributed by atoms with van der Waals surface area (Å²) in [6.45, 7) is 0. The van der Waals surface area contributed by atoms with E-state index in [0.717, 1.165) is 12.1 Å². The van der Waals surface area contributed by atoms with Gasteiger partial charge >= 0.3 is 11.9 Å². The van der Waals surface area contributed by atoms with Crippen molar-refractivity contribution in [1.82, 2.24) is 0 Å². The molecule has 0 aliphatic heterocycles. The first kappa shape index (κ1) is 11.1. The lowest BCUT2D eigenvalue weighted by Crippen LogP contribution is -2.06. The van der Waals surface area contributed by atoms with Gasteiger partial charge in [-0.2, -0.15) is 0 Å². The van der Waals surface area contributed by atoms with Crippen molar-refractivity contribution in [1.29, 1.82) is 0 Å². The molecule has 0 fully saturated rings. The average Bonchev–Trinajstić information content (AvgIpc) is 2.16. The number of alkyl halides is 2. The molecule has 0 aliphatic rings. The first-order valence-electron chi connectivity index (χ1n) is 3.82. The Bertz CT molecular complexity index is 415. The standard InChI is InChI=1S/C9H6F2O4/c10-7(11)6-3-4(8(12)13)1-2-5(6)9(14)15/h1-3,7H,(H,12,13)(H,14,15). The summed E-state index contributed by atoms with van der Waals surface area (Å²) in [5.74, 6) is -2.89. The third-order valence-electron chi connectivity index (χ3n) is 1.76. The molecule has 0 heterocycles. The second-order valence-electron chi connectivity index (χ2n) is 2.71. The minimum atomic E-state index is -3.02. The number of aromatic carboxylic acids is 2. The van der Waals surface area contributed by atoms with E-state index in [1.807, 2.05) is 0 Å². The van der Waals surface area contributed by atoms with Gasteiger partial charge in [-0.05, 0) is 18.2 Å². The second-order valence-corrected chi connectivity index (χ2v) is 2.71. The Morgan fingerprint density at radius 3 is 2.13 bits per heavy atom.